The van der Waals surface area contributed by atoms with Crippen LogP contribution >= 0.6 is 0 Å². The van der Waals surface area contributed by atoms with Crippen molar-refractivity contribution < 1.29 is 9.59 Å². The van der Waals surface area contributed by atoms with Gasteiger partial charge in [-0.3, -0.25) is 14.0 Å². The van der Waals surface area contributed by atoms with Crippen molar-refractivity contribution >= 4 is 17.3 Å². The van der Waals surface area contributed by atoms with E-state index in [2.05, 4.69) is 17.2 Å². The highest BCUT2D eigenvalue weighted by Gasteiger charge is 2.23. The third-order valence-electron chi connectivity index (χ3n) is 3.82. The first-order valence-corrected chi connectivity index (χ1v) is 8.18. The molecule has 2 rings (SSSR count). The average Bonchev–Trinajstić information content (AvgIpc) is 2.95. The molecule has 6 heteroatoms. The molecule has 0 saturated carbocycles. The molecule has 2 heterocycles. The van der Waals surface area contributed by atoms with E-state index in [-0.39, 0.29) is 17.6 Å². The quantitative estimate of drug-likeness (QED) is 0.797. The molecule has 0 bridgehead atoms. The summed E-state index contributed by atoms with van der Waals surface area (Å²) in [5.41, 5.74) is 0.953. The van der Waals surface area contributed by atoms with Crippen LogP contribution in [0.4, 0.5) is 0 Å². The van der Waals surface area contributed by atoms with Gasteiger partial charge in [-0.15, -0.1) is 0 Å². The van der Waals surface area contributed by atoms with Crippen LogP contribution in [-0.4, -0.2) is 45.7 Å². The van der Waals surface area contributed by atoms with Gasteiger partial charge in [0.2, 0.25) is 5.82 Å². The molecular weight excluding hydrogens is 292 g/mol. The summed E-state index contributed by atoms with van der Waals surface area (Å²) >= 11 is 0. The first-order chi connectivity index (χ1) is 11.1. The van der Waals surface area contributed by atoms with Crippen LogP contribution in [0, 0.1) is 0 Å². The van der Waals surface area contributed by atoms with E-state index in [4.69, 9.17) is 0 Å². The van der Waals surface area contributed by atoms with Crippen LogP contribution in [0.1, 0.15) is 54.7 Å². The van der Waals surface area contributed by atoms with Crippen LogP contribution in [0.2, 0.25) is 0 Å². The van der Waals surface area contributed by atoms with Crippen molar-refractivity contribution in [3.63, 3.8) is 0 Å². The number of carbonyl (C=O) groups excluding carboxylic acids is 2. The van der Waals surface area contributed by atoms with E-state index in [1.165, 1.54) is 0 Å². The maximum atomic E-state index is 12.6. The largest absolute Gasteiger partial charge is 0.351 e. The fourth-order valence-corrected chi connectivity index (χ4v) is 2.47. The number of nitrogens with zero attached hydrogens (tertiary/aromatic N) is 3. The Bertz CT molecular complexity index is 689. The third-order valence-corrected chi connectivity index (χ3v) is 3.82. The van der Waals surface area contributed by atoms with Gasteiger partial charge in [-0.1, -0.05) is 19.4 Å². The van der Waals surface area contributed by atoms with E-state index < -0.39 is 0 Å². The molecule has 0 aliphatic carbocycles. The molecule has 6 nitrogen and oxygen atoms in total. The van der Waals surface area contributed by atoms with Crippen LogP contribution < -0.4 is 5.32 Å². The van der Waals surface area contributed by atoms with Crippen molar-refractivity contribution in [3.8, 4) is 0 Å². The average molecular weight is 316 g/mol. The minimum atomic E-state index is -0.235. The number of carbonyl (C=O) groups is 2. The lowest BCUT2D eigenvalue weighted by molar-refractivity contribution is 0.0760. The van der Waals surface area contributed by atoms with Gasteiger partial charge in [0.1, 0.15) is 0 Å². The van der Waals surface area contributed by atoms with Gasteiger partial charge < -0.3 is 10.2 Å². The molecule has 0 aromatic carbocycles. The maximum absolute atomic E-state index is 12.6. The van der Waals surface area contributed by atoms with Crippen molar-refractivity contribution in [2.75, 3.05) is 19.6 Å². The van der Waals surface area contributed by atoms with Gasteiger partial charge in [0, 0.05) is 25.8 Å². The molecule has 0 spiro atoms. The van der Waals surface area contributed by atoms with Crippen molar-refractivity contribution in [1.82, 2.24) is 19.6 Å². The lowest BCUT2D eigenvalue weighted by atomic mass is 10.3. The van der Waals surface area contributed by atoms with Crippen LogP contribution in [-0.2, 0) is 0 Å². The predicted molar refractivity (Wildman–Crippen MR) is 89.7 cm³/mol. The van der Waals surface area contributed by atoms with Gasteiger partial charge in [0.25, 0.3) is 11.8 Å². The highest BCUT2D eigenvalue weighted by atomic mass is 16.2. The summed E-state index contributed by atoms with van der Waals surface area (Å²) in [7, 11) is 0. The van der Waals surface area contributed by atoms with Gasteiger partial charge in [-0.05, 0) is 32.4 Å². The summed E-state index contributed by atoms with van der Waals surface area (Å²) in [5.74, 6) is -0.116. The summed E-state index contributed by atoms with van der Waals surface area (Å²) in [6, 6.07) is 5.47. The number of pyridine rings is 1. The Labute approximate surface area is 136 Å². The van der Waals surface area contributed by atoms with Crippen molar-refractivity contribution in [1.29, 1.82) is 0 Å². The van der Waals surface area contributed by atoms with Crippen LogP contribution in [0.3, 0.4) is 0 Å². The zero-order valence-electron chi connectivity index (χ0n) is 14.0. The number of amides is 2. The first kappa shape index (κ1) is 17.0. The maximum Gasteiger partial charge on any atom is 0.290 e. The monoisotopic (exact) mass is 316 g/mol. The zero-order valence-corrected chi connectivity index (χ0v) is 14.0. The summed E-state index contributed by atoms with van der Waals surface area (Å²) in [6.45, 7) is 7.74. The Hall–Kier alpha value is -2.37. The molecule has 0 aliphatic heterocycles. The number of hydrogen-bond acceptors (Lipinski definition) is 3. The molecule has 0 atom stereocenters. The topological polar surface area (TPSA) is 66.7 Å². The minimum Gasteiger partial charge on any atom is -0.351 e. The van der Waals surface area contributed by atoms with Gasteiger partial charge in [0.15, 0.2) is 5.69 Å². The van der Waals surface area contributed by atoms with Crippen LogP contribution in [0.25, 0.3) is 5.52 Å². The molecule has 0 fully saturated rings. The number of imidazole rings is 1. The number of unbranched alkanes of at least 4 members (excludes halogenated alkanes) is 1. The first-order valence-electron chi connectivity index (χ1n) is 8.18. The number of fused-ring (bicyclic) bond motifs is 1. The molecule has 1 N–H and O–H groups in total. The van der Waals surface area contributed by atoms with Crippen molar-refractivity contribution in [3.05, 3.63) is 35.9 Å². The lowest BCUT2D eigenvalue weighted by Gasteiger charge is -2.17. The normalized spacial score (nSPS) is 10.7. The predicted octanol–water partition coefficient (Wildman–Crippen LogP) is 2.35. The molecule has 2 aromatic rings. The van der Waals surface area contributed by atoms with Crippen molar-refractivity contribution in [2.45, 2.75) is 33.6 Å². The summed E-state index contributed by atoms with van der Waals surface area (Å²) in [4.78, 5) is 31.0. The fourth-order valence-electron chi connectivity index (χ4n) is 2.47. The minimum absolute atomic E-state index is 0.163. The van der Waals surface area contributed by atoms with E-state index >= 15 is 0 Å². The molecule has 23 heavy (non-hydrogen) atoms. The van der Waals surface area contributed by atoms with E-state index in [1.807, 2.05) is 26.0 Å². The Kier molecular flexibility index (Phi) is 5.73. The molecule has 2 amide bonds. The Balaban J connectivity index is 2.40. The standard InChI is InChI=1S/C17H24N4O2/c1-4-7-11-18-16(22)14-13-10-8-9-12-21(13)15(19-14)17(23)20(5-2)6-3/h8-10,12H,4-7,11H2,1-3H3,(H,18,22). The molecular formula is C17H24N4O2. The second-order valence-electron chi connectivity index (χ2n) is 5.33. The number of nitrogens with one attached hydrogen (secondary N) is 1. The van der Waals surface area contributed by atoms with Crippen LogP contribution in [0.5, 0.6) is 0 Å². The molecule has 124 valence electrons. The lowest BCUT2D eigenvalue weighted by Crippen LogP contribution is -2.32. The van der Waals surface area contributed by atoms with Gasteiger partial charge >= 0.3 is 0 Å². The molecule has 0 saturated heterocycles. The number of rotatable bonds is 7. The highest BCUT2D eigenvalue weighted by Crippen LogP contribution is 2.15. The summed E-state index contributed by atoms with van der Waals surface area (Å²) in [6.07, 6.45) is 3.70. The fraction of sp³-hybridized carbons (Fsp3) is 0.471. The summed E-state index contributed by atoms with van der Waals surface area (Å²) < 4.78 is 1.69. The Morgan fingerprint density at radius 1 is 1.22 bits per heavy atom. The molecule has 0 radical (unpaired) electrons. The van der Waals surface area contributed by atoms with E-state index in [0.717, 1.165) is 12.8 Å². The van der Waals surface area contributed by atoms with E-state index in [9.17, 15) is 9.59 Å². The SMILES string of the molecule is CCCCNC(=O)c1nc(C(=O)N(CC)CC)n2ccccc12. The smallest absolute Gasteiger partial charge is 0.290 e. The second kappa shape index (κ2) is 7.76. The van der Waals surface area contributed by atoms with Gasteiger partial charge in [-0.25, -0.2) is 4.98 Å². The van der Waals surface area contributed by atoms with E-state index in [0.29, 0.717) is 30.8 Å². The van der Waals surface area contributed by atoms with Crippen LogP contribution in [0.15, 0.2) is 24.4 Å². The van der Waals surface area contributed by atoms with E-state index in [1.54, 1.807) is 21.6 Å². The number of aromatic nitrogens is 2. The number of hydrogen-bond donors (Lipinski definition) is 1. The van der Waals surface area contributed by atoms with Crippen molar-refractivity contribution in [2.24, 2.45) is 0 Å². The molecule has 0 unspecified atom stereocenters. The van der Waals surface area contributed by atoms with Gasteiger partial charge in [-0.2, -0.15) is 0 Å². The molecule has 2 aromatic heterocycles. The highest BCUT2D eigenvalue weighted by molar-refractivity contribution is 6.02. The summed E-state index contributed by atoms with van der Waals surface area (Å²) in [5, 5.41) is 2.86. The second-order valence-corrected chi connectivity index (χ2v) is 5.33. The Morgan fingerprint density at radius 2 is 1.96 bits per heavy atom. The Morgan fingerprint density at radius 3 is 2.61 bits per heavy atom. The zero-order chi connectivity index (χ0) is 16.8. The van der Waals surface area contributed by atoms with Gasteiger partial charge in [0.05, 0.1) is 5.52 Å². The third kappa shape index (κ3) is 3.52. The molecule has 0 aliphatic rings.